The molecule has 1 saturated heterocycles. The third-order valence-corrected chi connectivity index (χ3v) is 5.29. The maximum absolute atomic E-state index is 12.3. The molecule has 0 aromatic heterocycles. The number of sulfonamides is 1. The van der Waals surface area contributed by atoms with E-state index in [0.717, 1.165) is 25.9 Å². The van der Waals surface area contributed by atoms with E-state index in [2.05, 4.69) is 10.0 Å². The number of hydrogen-bond acceptors (Lipinski definition) is 5. The molecule has 0 spiro atoms. The van der Waals surface area contributed by atoms with Crippen LogP contribution in [0.5, 0.6) is 11.5 Å². The van der Waals surface area contributed by atoms with Crippen molar-refractivity contribution in [1.29, 1.82) is 0 Å². The molecule has 0 radical (unpaired) electrons. The Bertz CT molecular complexity index is 603. The molecule has 0 amide bonds. The number of benzene rings is 1. The first-order valence-electron chi connectivity index (χ1n) is 7.25. The Morgan fingerprint density at radius 3 is 2.73 bits per heavy atom. The van der Waals surface area contributed by atoms with Crippen molar-refractivity contribution in [3.05, 3.63) is 18.2 Å². The fraction of sp³-hybridized carbons (Fsp3) is 0.571. The van der Waals surface area contributed by atoms with Gasteiger partial charge in [0.1, 0.15) is 13.2 Å². The molecule has 1 aromatic carbocycles. The first-order valence-corrected chi connectivity index (χ1v) is 8.73. The molecule has 1 unspecified atom stereocenters. The number of halogens is 1. The summed E-state index contributed by atoms with van der Waals surface area (Å²) in [4.78, 5) is 0.219. The van der Waals surface area contributed by atoms with E-state index in [1.165, 1.54) is 6.07 Å². The maximum atomic E-state index is 12.3. The monoisotopic (exact) mass is 348 g/mol. The van der Waals surface area contributed by atoms with Gasteiger partial charge in [-0.05, 0) is 44.0 Å². The topological polar surface area (TPSA) is 76.7 Å². The fourth-order valence-corrected chi connectivity index (χ4v) is 3.70. The molecule has 2 N–H and O–H groups in total. The van der Waals surface area contributed by atoms with Gasteiger partial charge in [-0.15, -0.1) is 12.4 Å². The molecular weight excluding hydrogens is 328 g/mol. The Morgan fingerprint density at radius 2 is 2.00 bits per heavy atom. The predicted molar refractivity (Wildman–Crippen MR) is 85.5 cm³/mol. The van der Waals surface area contributed by atoms with E-state index >= 15 is 0 Å². The van der Waals surface area contributed by atoms with Crippen LogP contribution in [-0.4, -0.2) is 41.3 Å². The lowest BCUT2D eigenvalue weighted by molar-refractivity contribution is 0.171. The number of nitrogens with one attached hydrogen (secondary N) is 2. The van der Waals surface area contributed by atoms with Crippen LogP contribution in [0.25, 0.3) is 0 Å². The molecule has 3 rings (SSSR count). The van der Waals surface area contributed by atoms with Crippen LogP contribution in [0.4, 0.5) is 0 Å². The third kappa shape index (κ3) is 4.04. The zero-order valence-electron chi connectivity index (χ0n) is 12.2. The van der Waals surface area contributed by atoms with Crippen LogP contribution in [0.15, 0.2) is 23.1 Å². The van der Waals surface area contributed by atoms with Gasteiger partial charge in [-0.1, -0.05) is 0 Å². The lowest BCUT2D eigenvalue weighted by Crippen LogP contribution is -2.27. The molecule has 124 valence electrons. The van der Waals surface area contributed by atoms with Crippen molar-refractivity contribution in [1.82, 2.24) is 10.0 Å². The molecular formula is C14H21ClN2O4S. The summed E-state index contributed by atoms with van der Waals surface area (Å²) in [5.41, 5.74) is 0. The summed E-state index contributed by atoms with van der Waals surface area (Å²) in [6.07, 6.45) is 1.97. The molecule has 2 aliphatic rings. The van der Waals surface area contributed by atoms with Crippen LogP contribution < -0.4 is 19.5 Å². The molecule has 22 heavy (non-hydrogen) atoms. The lowest BCUT2D eigenvalue weighted by Gasteiger charge is -2.19. The van der Waals surface area contributed by atoms with E-state index in [1.54, 1.807) is 12.1 Å². The fourth-order valence-electron chi connectivity index (χ4n) is 2.63. The van der Waals surface area contributed by atoms with Gasteiger partial charge in [0.2, 0.25) is 10.0 Å². The second-order valence-corrected chi connectivity index (χ2v) is 7.12. The maximum Gasteiger partial charge on any atom is 0.240 e. The molecule has 0 aliphatic carbocycles. The highest BCUT2D eigenvalue weighted by Gasteiger charge is 2.20. The lowest BCUT2D eigenvalue weighted by atomic mass is 10.1. The third-order valence-electron chi connectivity index (χ3n) is 3.83. The van der Waals surface area contributed by atoms with Gasteiger partial charge in [0, 0.05) is 12.6 Å². The smallest absolute Gasteiger partial charge is 0.240 e. The van der Waals surface area contributed by atoms with Crippen LogP contribution in [0.2, 0.25) is 0 Å². The van der Waals surface area contributed by atoms with Gasteiger partial charge >= 0.3 is 0 Å². The van der Waals surface area contributed by atoms with Gasteiger partial charge in [-0.2, -0.15) is 0 Å². The minimum absolute atomic E-state index is 0. The van der Waals surface area contributed by atoms with Crippen molar-refractivity contribution in [2.24, 2.45) is 5.92 Å². The molecule has 0 saturated carbocycles. The zero-order chi connectivity index (χ0) is 14.7. The van der Waals surface area contributed by atoms with E-state index in [0.29, 0.717) is 37.2 Å². The van der Waals surface area contributed by atoms with Gasteiger partial charge in [0.15, 0.2) is 11.5 Å². The SMILES string of the molecule is Cl.O=S(=O)(NCCC1CCNC1)c1ccc2c(c1)OCCO2. The second-order valence-electron chi connectivity index (χ2n) is 5.35. The molecule has 0 bridgehead atoms. The summed E-state index contributed by atoms with van der Waals surface area (Å²) >= 11 is 0. The quantitative estimate of drug-likeness (QED) is 0.835. The Kier molecular flexibility index (Phi) is 5.91. The molecule has 8 heteroatoms. The van der Waals surface area contributed by atoms with Crippen LogP contribution in [0, 0.1) is 5.92 Å². The molecule has 1 atom stereocenters. The molecule has 2 aliphatic heterocycles. The molecule has 6 nitrogen and oxygen atoms in total. The Balaban J connectivity index is 0.00000176. The van der Waals surface area contributed by atoms with Crippen molar-refractivity contribution in [3.63, 3.8) is 0 Å². The summed E-state index contributed by atoms with van der Waals surface area (Å²) in [6.45, 7) is 3.40. The second kappa shape index (κ2) is 7.50. The molecule has 2 heterocycles. The van der Waals surface area contributed by atoms with E-state index in [-0.39, 0.29) is 17.3 Å². The van der Waals surface area contributed by atoms with Gasteiger partial charge in [0.05, 0.1) is 4.90 Å². The van der Waals surface area contributed by atoms with E-state index in [9.17, 15) is 8.42 Å². The van der Waals surface area contributed by atoms with E-state index in [1.807, 2.05) is 0 Å². The number of rotatable bonds is 5. The highest BCUT2D eigenvalue weighted by atomic mass is 35.5. The summed E-state index contributed by atoms with van der Waals surface area (Å²) in [5.74, 6) is 1.65. The average Bonchev–Trinajstić information content (AvgIpc) is 3.00. The van der Waals surface area contributed by atoms with Crippen molar-refractivity contribution in [3.8, 4) is 11.5 Å². The van der Waals surface area contributed by atoms with Gasteiger partial charge < -0.3 is 14.8 Å². The average molecular weight is 349 g/mol. The number of fused-ring (bicyclic) bond motifs is 1. The standard InChI is InChI=1S/C14H20N2O4S.ClH/c17-21(18,16-6-4-11-3-5-15-10-11)12-1-2-13-14(9-12)20-8-7-19-13;/h1-2,9,11,15-16H,3-8,10H2;1H. The first-order chi connectivity index (χ1) is 10.1. The summed E-state index contributed by atoms with van der Waals surface area (Å²) in [5, 5.41) is 3.28. The van der Waals surface area contributed by atoms with E-state index in [4.69, 9.17) is 9.47 Å². The van der Waals surface area contributed by atoms with Gasteiger partial charge in [-0.25, -0.2) is 13.1 Å². The summed E-state index contributed by atoms with van der Waals surface area (Å²) in [6, 6.07) is 4.71. The zero-order valence-corrected chi connectivity index (χ0v) is 13.8. The Hall–Kier alpha value is -1.02. The minimum Gasteiger partial charge on any atom is -0.486 e. The highest BCUT2D eigenvalue weighted by molar-refractivity contribution is 7.89. The van der Waals surface area contributed by atoms with Crippen molar-refractivity contribution >= 4 is 22.4 Å². The summed E-state index contributed by atoms with van der Waals surface area (Å²) < 4.78 is 38.0. The predicted octanol–water partition coefficient (Wildman–Crippen LogP) is 1.16. The van der Waals surface area contributed by atoms with Crippen LogP contribution in [0.1, 0.15) is 12.8 Å². The Labute approximate surface area is 137 Å². The van der Waals surface area contributed by atoms with Crippen molar-refractivity contribution < 1.29 is 17.9 Å². The largest absolute Gasteiger partial charge is 0.486 e. The van der Waals surface area contributed by atoms with Crippen LogP contribution in [-0.2, 0) is 10.0 Å². The van der Waals surface area contributed by atoms with Crippen molar-refractivity contribution in [2.45, 2.75) is 17.7 Å². The summed E-state index contributed by atoms with van der Waals surface area (Å²) in [7, 11) is -3.49. The first kappa shape index (κ1) is 17.3. The van der Waals surface area contributed by atoms with Crippen LogP contribution in [0.3, 0.4) is 0 Å². The highest BCUT2D eigenvalue weighted by Crippen LogP contribution is 2.32. The minimum atomic E-state index is -3.49. The van der Waals surface area contributed by atoms with E-state index < -0.39 is 10.0 Å². The Morgan fingerprint density at radius 1 is 1.23 bits per heavy atom. The molecule has 1 aromatic rings. The number of ether oxygens (including phenoxy) is 2. The van der Waals surface area contributed by atoms with Crippen LogP contribution >= 0.6 is 12.4 Å². The van der Waals surface area contributed by atoms with Gasteiger partial charge in [0.25, 0.3) is 0 Å². The molecule has 1 fully saturated rings. The van der Waals surface area contributed by atoms with Crippen molar-refractivity contribution in [2.75, 3.05) is 32.8 Å². The number of hydrogen-bond donors (Lipinski definition) is 2. The normalized spacial score (nSPS) is 20.5. The van der Waals surface area contributed by atoms with Gasteiger partial charge in [-0.3, -0.25) is 0 Å².